The molecule has 21 heavy (non-hydrogen) atoms. The van der Waals surface area contributed by atoms with Crippen LogP contribution in [0, 0.1) is 6.92 Å². The Labute approximate surface area is 123 Å². The van der Waals surface area contributed by atoms with Crippen LogP contribution >= 0.6 is 0 Å². The van der Waals surface area contributed by atoms with Gasteiger partial charge in [0.25, 0.3) is 0 Å². The summed E-state index contributed by atoms with van der Waals surface area (Å²) in [6.45, 7) is 4.63. The highest BCUT2D eigenvalue weighted by atomic mass is 16.1. The highest BCUT2D eigenvalue weighted by molar-refractivity contribution is 5.76. The van der Waals surface area contributed by atoms with Crippen LogP contribution < -0.4 is 5.32 Å². The van der Waals surface area contributed by atoms with Gasteiger partial charge in [0.15, 0.2) is 0 Å². The summed E-state index contributed by atoms with van der Waals surface area (Å²) >= 11 is 0. The minimum atomic E-state index is -0.0366. The maximum absolute atomic E-state index is 12.0. The third-order valence-corrected chi connectivity index (χ3v) is 3.19. The highest BCUT2D eigenvalue weighted by Crippen LogP contribution is 2.14. The normalized spacial score (nSPS) is 12.1. The smallest absolute Gasteiger partial charge is 0.220 e. The van der Waals surface area contributed by atoms with Gasteiger partial charge >= 0.3 is 0 Å². The number of pyridine rings is 1. The van der Waals surface area contributed by atoms with Crippen LogP contribution in [-0.4, -0.2) is 31.1 Å². The molecule has 0 aliphatic rings. The van der Waals surface area contributed by atoms with E-state index in [0.29, 0.717) is 19.4 Å². The Kier molecular flexibility index (Phi) is 5.36. The van der Waals surface area contributed by atoms with E-state index in [1.54, 1.807) is 11.0 Å². The first-order chi connectivity index (χ1) is 10.2. The molecule has 2 aromatic heterocycles. The van der Waals surface area contributed by atoms with E-state index in [2.05, 4.69) is 25.8 Å². The van der Waals surface area contributed by atoms with Crippen molar-refractivity contribution in [2.75, 3.05) is 0 Å². The van der Waals surface area contributed by atoms with Gasteiger partial charge < -0.3 is 5.32 Å². The largest absolute Gasteiger partial charge is 0.348 e. The average Bonchev–Trinajstić information content (AvgIpc) is 2.98. The average molecular weight is 288 g/mol. The molecule has 0 aliphatic heterocycles. The minimum absolute atomic E-state index is 0.0261. The van der Waals surface area contributed by atoms with Crippen molar-refractivity contribution in [2.24, 2.45) is 0 Å². The standard InChI is InChI=1S/C14H20N6O/c1-3-12(13-7-4-6-11(2)16-13)17-14(21)8-5-9-20-10-15-18-19-20/h4,6-7,10,12H,3,5,8-9H2,1-2H3,(H,17,21)/t12-/m0/s1. The summed E-state index contributed by atoms with van der Waals surface area (Å²) in [6.07, 6.45) is 3.51. The third kappa shape index (κ3) is 4.62. The van der Waals surface area contributed by atoms with Crippen molar-refractivity contribution in [1.82, 2.24) is 30.5 Å². The van der Waals surface area contributed by atoms with Crippen LogP contribution in [0.15, 0.2) is 24.5 Å². The molecule has 0 fully saturated rings. The number of carbonyl (C=O) groups is 1. The molecule has 7 heteroatoms. The lowest BCUT2D eigenvalue weighted by Crippen LogP contribution is -2.28. The molecule has 1 N–H and O–H groups in total. The van der Waals surface area contributed by atoms with Crippen LogP contribution in [0.3, 0.4) is 0 Å². The number of carbonyl (C=O) groups excluding carboxylic acids is 1. The van der Waals surface area contributed by atoms with Gasteiger partial charge in [0.1, 0.15) is 6.33 Å². The first-order valence-corrected chi connectivity index (χ1v) is 7.12. The van der Waals surface area contributed by atoms with Gasteiger partial charge in [0, 0.05) is 18.7 Å². The molecule has 0 saturated heterocycles. The van der Waals surface area contributed by atoms with E-state index in [4.69, 9.17) is 0 Å². The number of nitrogens with one attached hydrogen (secondary N) is 1. The van der Waals surface area contributed by atoms with E-state index >= 15 is 0 Å². The van der Waals surface area contributed by atoms with Gasteiger partial charge in [-0.2, -0.15) is 0 Å². The van der Waals surface area contributed by atoms with E-state index in [0.717, 1.165) is 17.8 Å². The number of hydrogen-bond acceptors (Lipinski definition) is 5. The zero-order valence-corrected chi connectivity index (χ0v) is 12.4. The lowest BCUT2D eigenvalue weighted by Gasteiger charge is -2.17. The predicted molar refractivity (Wildman–Crippen MR) is 77.2 cm³/mol. The van der Waals surface area contributed by atoms with Crippen molar-refractivity contribution in [2.45, 2.75) is 45.7 Å². The molecule has 0 unspecified atom stereocenters. The number of tetrazole rings is 1. The fourth-order valence-electron chi connectivity index (χ4n) is 2.09. The van der Waals surface area contributed by atoms with Crippen LogP contribution in [0.25, 0.3) is 0 Å². The van der Waals surface area contributed by atoms with Gasteiger partial charge in [0.2, 0.25) is 5.91 Å². The third-order valence-electron chi connectivity index (χ3n) is 3.19. The lowest BCUT2D eigenvalue weighted by atomic mass is 10.1. The van der Waals surface area contributed by atoms with Crippen LogP contribution in [0.4, 0.5) is 0 Å². The second kappa shape index (κ2) is 7.47. The summed E-state index contributed by atoms with van der Waals surface area (Å²) in [4.78, 5) is 16.5. The molecule has 112 valence electrons. The number of aromatic nitrogens is 5. The number of hydrogen-bond donors (Lipinski definition) is 1. The highest BCUT2D eigenvalue weighted by Gasteiger charge is 2.13. The molecular weight excluding hydrogens is 268 g/mol. The summed E-state index contributed by atoms with van der Waals surface area (Å²) < 4.78 is 1.62. The van der Waals surface area contributed by atoms with Gasteiger partial charge in [-0.1, -0.05) is 13.0 Å². The molecule has 0 aromatic carbocycles. The number of amides is 1. The molecule has 2 rings (SSSR count). The Morgan fingerprint density at radius 3 is 2.95 bits per heavy atom. The lowest BCUT2D eigenvalue weighted by molar-refractivity contribution is -0.122. The van der Waals surface area contributed by atoms with E-state index < -0.39 is 0 Å². The molecule has 2 heterocycles. The molecule has 0 saturated carbocycles. The van der Waals surface area contributed by atoms with Crippen molar-refractivity contribution in [1.29, 1.82) is 0 Å². The van der Waals surface area contributed by atoms with E-state index in [1.165, 1.54) is 0 Å². The van der Waals surface area contributed by atoms with E-state index in [9.17, 15) is 4.79 Å². The van der Waals surface area contributed by atoms with Gasteiger partial charge in [0.05, 0.1) is 11.7 Å². The molecule has 0 aliphatic carbocycles. The number of aryl methyl sites for hydroxylation is 2. The quantitative estimate of drug-likeness (QED) is 0.833. The maximum atomic E-state index is 12.0. The van der Waals surface area contributed by atoms with Crippen molar-refractivity contribution >= 4 is 5.91 Å². The Bertz CT molecular complexity index is 569. The summed E-state index contributed by atoms with van der Waals surface area (Å²) in [6, 6.07) is 5.82. The van der Waals surface area contributed by atoms with Crippen molar-refractivity contribution in [3.63, 3.8) is 0 Å². The molecule has 1 atom stereocenters. The van der Waals surface area contributed by atoms with Gasteiger partial charge in [-0.3, -0.25) is 9.78 Å². The fourth-order valence-corrected chi connectivity index (χ4v) is 2.09. The Morgan fingerprint density at radius 2 is 2.29 bits per heavy atom. The first-order valence-electron chi connectivity index (χ1n) is 7.12. The van der Waals surface area contributed by atoms with Gasteiger partial charge in [-0.05, 0) is 42.3 Å². The molecule has 0 spiro atoms. The molecule has 1 amide bonds. The second-order valence-corrected chi connectivity index (χ2v) is 4.91. The van der Waals surface area contributed by atoms with Crippen molar-refractivity contribution < 1.29 is 4.79 Å². The summed E-state index contributed by atoms with van der Waals surface area (Å²) in [5, 5.41) is 13.9. The van der Waals surface area contributed by atoms with Gasteiger partial charge in [-0.25, -0.2) is 4.68 Å². The van der Waals surface area contributed by atoms with Crippen molar-refractivity contribution in [3.05, 3.63) is 35.9 Å². The zero-order chi connectivity index (χ0) is 15.1. The number of rotatable bonds is 7. The Balaban J connectivity index is 1.82. The molecular formula is C14H20N6O. The second-order valence-electron chi connectivity index (χ2n) is 4.91. The van der Waals surface area contributed by atoms with Crippen LogP contribution in [0.2, 0.25) is 0 Å². The summed E-state index contributed by atoms with van der Waals surface area (Å²) in [7, 11) is 0. The Morgan fingerprint density at radius 1 is 1.43 bits per heavy atom. The SMILES string of the molecule is CC[C@H](NC(=O)CCCn1cnnn1)c1cccc(C)n1. The first kappa shape index (κ1) is 15.1. The van der Waals surface area contributed by atoms with Crippen molar-refractivity contribution in [3.8, 4) is 0 Å². The monoisotopic (exact) mass is 288 g/mol. The van der Waals surface area contributed by atoms with Crippen LogP contribution in [0.5, 0.6) is 0 Å². The van der Waals surface area contributed by atoms with E-state index in [1.807, 2.05) is 32.0 Å². The topological polar surface area (TPSA) is 85.6 Å². The molecule has 2 aromatic rings. The maximum Gasteiger partial charge on any atom is 0.220 e. The predicted octanol–water partition coefficient (Wildman–Crippen LogP) is 1.42. The molecule has 0 bridgehead atoms. The van der Waals surface area contributed by atoms with Crippen LogP contribution in [-0.2, 0) is 11.3 Å². The minimum Gasteiger partial charge on any atom is -0.348 e. The number of nitrogens with zero attached hydrogens (tertiary/aromatic N) is 5. The zero-order valence-electron chi connectivity index (χ0n) is 12.4. The molecule has 0 radical (unpaired) electrons. The summed E-state index contributed by atoms with van der Waals surface area (Å²) in [5.41, 5.74) is 1.87. The summed E-state index contributed by atoms with van der Waals surface area (Å²) in [5.74, 6) is 0.0261. The van der Waals surface area contributed by atoms with Crippen LogP contribution in [0.1, 0.15) is 43.6 Å². The fraction of sp³-hybridized carbons (Fsp3) is 0.500. The van der Waals surface area contributed by atoms with Gasteiger partial charge in [-0.15, -0.1) is 5.10 Å². The molecule has 7 nitrogen and oxygen atoms in total. The Hall–Kier alpha value is -2.31. The van der Waals surface area contributed by atoms with E-state index in [-0.39, 0.29) is 11.9 Å².